The van der Waals surface area contributed by atoms with Gasteiger partial charge in [0.05, 0.1) is 6.04 Å². The van der Waals surface area contributed by atoms with Crippen LogP contribution in [-0.4, -0.2) is 76.8 Å². The average molecular weight is 438 g/mol. The number of piperidine rings is 1. The van der Waals surface area contributed by atoms with Crippen LogP contribution in [0.5, 0.6) is 0 Å². The molecule has 1 saturated carbocycles. The molecular formula is C20H26N2O9. The van der Waals surface area contributed by atoms with Crippen LogP contribution < -0.4 is 5.32 Å². The lowest BCUT2D eigenvalue weighted by Gasteiger charge is -2.59. The number of alkyl carbamates (subject to hydrolysis) is 1. The highest BCUT2D eigenvalue weighted by Gasteiger charge is 2.73. The van der Waals surface area contributed by atoms with E-state index in [1.54, 1.807) is 0 Å². The van der Waals surface area contributed by atoms with Crippen LogP contribution in [0.3, 0.4) is 0 Å². The van der Waals surface area contributed by atoms with Crippen molar-refractivity contribution in [3.63, 3.8) is 0 Å². The van der Waals surface area contributed by atoms with Crippen LogP contribution in [0, 0.1) is 5.92 Å². The Balaban J connectivity index is 1.80. The van der Waals surface area contributed by atoms with Crippen molar-refractivity contribution in [2.24, 2.45) is 5.92 Å². The Morgan fingerprint density at radius 3 is 2.48 bits per heavy atom. The summed E-state index contributed by atoms with van der Waals surface area (Å²) in [5.41, 5.74) is -1.48. The van der Waals surface area contributed by atoms with E-state index >= 15 is 0 Å². The van der Waals surface area contributed by atoms with Crippen LogP contribution >= 0.6 is 0 Å². The molecule has 1 N–H and O–H groups in total. The van der Waals surface area contributed by atoms with E-state index in [-0.39, 0.29) is 18.8 Å². The zero-order chi connectivity index (χ0) is 22.7. The molecule has 2 amide bonds. The van der Waals surface area contributed by atoms with Crippen LogP contribution in [0.25, 0.3) is 0 Å². The van der Waals surface area contributed by atoms with Crippen molar-refractivity contribution in [3.05, 3.63) is 0 Å². The molecule has 0 radical (unpaired) electrons. The smallest absolute Gasteiger partial charge is 0.408 e. The van der Waals surface area contributed by atoms with Gasteiger partial charge < -0.3 is 29.2 Å². The largest absolute Gasteiger partial charge is 0.462 e. The standard InChI is InChI=1S/C20H26N2O9/c1-8(2)5-13-17(25)22-12-6-11(28-9(3)23)7-20(16(12)29-10(4)24)15(21-19(27)31-20)14(22)18(26)30-13/h8,11-16H,5-7H2,1-4H3,(H,21,27)/t11-,12-,13+,14-,15+,16+,20+/m1/s1. The fraction of sp³-hybridized carbons (Fsp3) is 0.750. The Morgan fingerprint density at radius 2 is 1.87 bits per heavy atom. The average Bonchev–Trinajstić information content (AvgIpc) is 2.94. The minimum absolute atomic E-state index is 0.0195. The van der Waals surface area contributed by atoms with Crippen LogP contribution in [0.4, 0.5) is 4.79 Å². The van der Waals surface area contributed by atoms with Crippen molar-refractivity contribution < 1.29 is 42.9 Å². The molecule has 1 spiro atoms. The molecule has 3 saturated heterocycles. The van der Waals surface area contributed by atoms with Gasteiger partial charge >= 0.3 is 24.0 Å². The van der Waals surface area contributed by atoms with Gasteiger partial charge in [-0.05, 0) is 12.3 Å². The van der Waals surface area contributed by atoms with Gasteiger partial charge in [0.15, 0.2) is 23.9 Å². The van der Waals surface area contributed by atoms with E-state index in [4.69, 9.17) is 18.9 Å². The van der Waals surface area contributed by atoms with Crippen LogP contribution in [0.15, 0.2) is 0 Å². The first-order valence-electron chi connectivity index (χ1n) is 10.4. The Kier molecular flexibility index (Phi) is 5.09. The monoisotopic (exact) mass is 438 g/mol. The van der Waals surface area contributed by atoms with Crippen molar-refractivity contribution in [1.82, 2.24) is 10.2 Å². The van der Waals surface area contributed by atoms with Crippen molar-refractivity contribution >= 4 is 29.9 Å². The molecule has 11 heteroatoms. The summed E-state index contributed by atoms with van der Waals surface area (Å²) in [5, 5.41) is 2.60. The number of esters is 3. The molecule has 0 aromatic heterocycles. The minimum Gasteiger partial charge on any atom is -0.462 e. The van der Waals surface area contributed by atoms with E-state index in [0.29, 0.717) is 6.42 Å². The Morgan fingerprint density at radius 1 is 1.19 bits per heavy atom. The number of carbonyl (C=O) groups excluding carboxylic acids is 5. The Hall–Kier alpha value is -2.85. The summed E-state index contributed by atoms with van der Waals surface area (Å²) in [4.78, 5) is 63.6. The normalized spacial score (nSPS) is 38.5. The number of rotatable bonds is 4. The Bertz CT molecular complexity index is 843. The molecule has 0 aromatic rings. The van der Waals surface area contributed by atoms with Crippen LogP contribution in [0.1, 0.15) is 47.0 Å². The van der Waals surface area contributed by atoms with Gasteiger partial charge in [0, 0.05) is 26.7 Å². The summed E-state index contributed by atoms with van der Waals surface area (Å²) < 4.78 is 22.0. The lowest BCUT2D eigenvalue weighted by molar-refractivity contribution is -0.235. The fourth-order valence-corrected chi connectivity index (χ4v) is 5.40. The number of nitrogens with zero attached hydrogens (tertiary/aromatic N) is 1. The molecule has 4 fully saturated rings. The van der Waals surface area contributed by atoms with E-state index < -0.39 is 71.9 Å². The maximum atomic E-state index is 13.4. The van der Waals surface area contributed by atoms with Gasteiger partial charge in [-0.25, -0.2) is 9.59 Å². The summed E-state index contributed by atoms with van der Waals surface area (Å²) in [6.45, 7) is 6.28. The fourth-order valence-electron chi connectivity index (χ4n) is 5.40. The second kappa shape index (κ2) is 7.38. The van der Waals surface area contributed by atoms with Crippen LogP contribution in [-0.2, 0) is 38.1 Å². The molecule has 4 aliphatic rings. The first kappa shape index (κ1) is 21.4. The molecule has 3 heterocycles. The van der Waals surface area contributed by atoms with E-state index in [1.165, 1.54) is 18.7 Å². The third-order valence-electron chi connectivity index (χ3n) is 6.28. The summed E-state index contributed by atoms with van der Waals surface area (Å²) in [6, 6.07) is -2.97. The molecular weight excluding hydrogens is 412 g/mol. The van der Waals surface area contributed by atoms with Gasteiger partial charge in [0.25, 0.3) is 5.91 Å². The number of carbonyl (C=O) groups is 5. The molecule has 4 rings (SSSR count). The van der Waals surface area contributed by atoms with E-state index in [0.717, 1.165) is 0 Å². The topological polar surface area (TPSA) is 138 Å². The molecule has 3 aliphatic heterocycles. The molecule has 7 atom stereocenters. The number of nitrogens with one attached hydrogen (secondary N) is 1. The first-order valence-corrected chi connectivity index (χ1v) is 10.4. The number of cyclic esters (lactones) is 1. The van der Waals surface area contributed by atoms with Crippen molar-refractivity contribution in [2.75, 3.05) is 0 Å². The highest BCUT2D eigenvalue weighted by molar-refractivity contribution is 5.95. The number of morpholine rings is 1. The zero-order valence-corrected chi connectivity index (χ0v) is 17.8. The summed E-state index contributed by atoms with van der Waals surface area (Å²) in [7, 11) is 0. The predicted molar refractivity (Wildman–Crippen MR) is 100 cm³/mol. The minimum atomic E-state index is -1.48. The van der Waals surface area contributed by atoms with E-state index in [9.17, 15) is 24.0 Å². The van der Waals surface area contributed by atoms with E-state index in [1.807, 2.05) is 13.8 Å². The van der Waals surface area contributed by atoms with Gasteiger partial charge in [-0.1, -0.05) is 13.8 Å². The SMILES string of the molecule is CC(=O)O[C@@H]1C[C@@H]2[C@H](OC(C)=O)[C@@]3(C1)OC(=O)N[C@H]3[C@@H]1C(=O)O[C@@H](CC(C)C)C(=O)N21. The predicted octanol–water partition coefficient (Wildman–Crippen LogP) is 0.0417. The second-order valence-electron chi connectivity index (χ2n) is 8.98. The highest BCUT2D eigenvalue weighted by Crippen LogP contribution is 2.50. The molecule has 11 nitrogen and oxygen atoms in total. The van der Waals surface area contributed by atoms with E-state index in [2.05, 4.69) is 5.32 Å². The summed E-state index contributed by atoms with van der Waals surface area (Å²) >= 11 is 0. The molecule has 170 valence electrons. The third-order valence-corrected chi connectivity index (χ3v) is 6.28. The maximum Gasteiger partial charge on any atom is 0.408 e. The van der Waals surface area contributed by atoms with Gasteiger partial charge in [0.2, 0.25) is 0 Å². The highest BCUT2D eigenvalue weighted by atomic mass is 16.6. The molecule has 0 aromatic carbocycles. The number of amides is 2. The van der Waals surface area contributed by atoms with Crippen LogP contribution in [0.2, 0.25) is 0 Å². The number of fused-ring (bicyclic) bond motifs is 4. The Labute approximate surface area is 178 Å². The molecule has 31 heavy (non-hydrogen) atoms. The quantitative estimate of drug-likeness (QED) is 0.476. The summed E-state index contributed by atoms with van der Waals surface area (Å²) in [5.74, 6) is -2.15. The first-order chi connectivity index (χ1) is 14.5. The van der Waals surface area contributed by atoms with Crippen molar-refractivity contribution in [1.29, 1.82) is 0 Å². The lowest BCUT2D eigenvalue weighted by atomic mass is 9.66. The van der Waals surface area contributed by atoms with Gasteiger partial charge in [-0.15, -0.1) is 0 Å². The number of hydrogen-bond acceptors (Lipinski definition) is 9. The molecule has 2 bridgehead atoms. The number of hydrogen-bond donors (Lipinski definition) is 1. The zero-order valence-electron chi connectivity index (χ0n) is 17.8. The van der Waals surface area contributed by atoms with Gasteiger partial charge in [-0.3, -0.25) is 14.4 Å². The molecule has 0 unspecified atom stereocenters. The second-order valence-corrected chi connectivity index (χ2v) is 8.98. The van der Waals surface area contributed by atoms with Crippen molar-refractivity contribution in [3.8, 4) is 0 Å². The third kappa shape index (κ3) is 3.39. The molecule has 1 aliphatic carbocycles. The van der Waals surface area contributed by atoms with Gasteiger partial charge in [-0.2, -0.15) is 0 Å². The van der Waals surface area contributed by atoms with Crippen molar-refractivity contribution in [2.45, 2.75) is 89.0 Å². The van der Waals surface area contributed by atoms with Gasteiger partial charge in [0.1, 0.15) is 12.1 Å². The number of ether oxygens (including phenoxy) is 4. The lowest BCUT2D eigenvalue weighted by Crippen LogP contribution is -2.81. The summed E-state index contributed by atoms with van der Waals surface area (Å²) in [6.07, 6.45) is -3.03. The maximum absolute atomic E-state index is 13.4.